The lowest BCUT2D eigenvalue weighted by Crippen LogP contribution is -2.53. The minimum absolute atomic E-state index is 0.0354. The molecule has 0 radical (unpaired) electrons. The predicted molar refractivity (Wildman–Crippen MR) is 143 cm³/mol. The smallest absolute Gasteiger partial charge is 0.309 e. The van der Waals surface area contributed by atoms with Gasteiger partial charge in [-0.2, -0.15) is 0 Å². The highest BCUT2D eigenvalue weighted by Crippen LogP contribution is 2.49. The maximum atomic E-state index is 13.7. The number of esters is 1. The number of hydrogen-bond donors (Lipinski definition) is 2. The Morgan fingerprint density at radius 2 is 1.97 bits per heavy atom. The van der Waals surface area contributed by atoms with Crippen LogP contribution < -0.4 is 0 Å². The van der Waals surface area contributed by atoms with Crippen molar-refractivity contribution >= 4 is 29.2 Å². The third-order valence-corrected chi connectivity index (χ3v) is 9.89. The summed E-state index contributed by atoms with van der Waals surface area (Å²) >= 11 is 1.57. The number of Topliss-reactive ketones (excluding diaryl/α,β-unsaturated/α-hetero) is 1. The number of rotatable bonds is 3. The molecule has 1 spiro atoms. The van der Waals surface area contributed by atoms with Crippen LogP contribution in [-0.2, 0) is 19.1 Å². The zero-order chi connectivity index (χ0) is 27.0. The Labute approximate surface area is 224 Å². The Bertz CT molecular complexity index is 1020. The number of hydrogen-bond acceptors (Lipinski definition) is 8. The first-order valence-electron chi connectivity index (χ1n) is 13.9. The molecule has 0 amide bonds. The Morgan fingerprint density at radius 3 is 2.57 bits per heavy atom. The van der Waals surface area contributed by atoms with E-state index in [9.17, 15) is 19.8 Å². The molecule has 1 aromatic heterocycles. The third kappa shape index (κ3) is 6.02. The highest BCUT2D eigenvalue weighted by atomic mass is 32.1. The molecule has 37 heavy (non-hydrogen) atoms. The van der Waals surface area contributed by atoms with Crippen molar-refractivity contribution in [2.45, 2.75) is 122 Å². The summed E-state index contributed by atoms with van der Waals surface area (Å²) in [4.78, 5) is 31.4. The van der Waals surface area contributed by atoms with Crippen LogP contribution in [0.25, 0.3) is 6.08 Å². The van der Waals surface area contributed by atoms with E-state index in [0.29, 0.717) is 25.7 Å². The lowest BCUT2D eigenvalue weighted by molar-refractivity contribution is -0.162. The van der Waals surface area contributed by atoms with E-state index in [1.54, 1.807) is 11.3 Å². The largest absolute Gasteiger partial charge is 0.458 e. The monoisotopic (exact) mass is 533 g/mol. The minimum Gasteiger partial charge on any atom is -0.458 e. The second-order valence-corrected chi connectivity index (χ2v) is 12.8. The molecular formula is C29H43NO6S. The molecule has 206 valence electrons. The number of ether oxygens (including phenoxy) is 2. The molecule has 3 heterocycles. The summed E-state index contributed by atoms with van der Waals surface area (Å²) in [5, 5.41) is 25.3. The summed E-state index contributed by atoms with van der Waals surface area (Å²) < 4.78 is 12.1. The number of ketones is 1. The molecule has 3 fully saturated rings. The van der Waals surface area contributed by atoms with Crippen LogP contribution in [0, 0.1) is 24.2 Å². The first-order chi connectivity index (χ1) is 17.5. The molecule has 2 N–H and O–H groups in total. The van der Waals surface area contributed by atoms with Gasteiger partial charge in [0.2, 0.25) is 0 Å². The number of epoxide rings is 1. The topological polar surface area (TPSA) is 109 Å². The number of aliphatic hydroxyl groups is 2. The lowest BCUT2D eigenvalue weighted by atomic mass is 9.58. The van der Waals surface area contributed by atoms with Gasteiger partial charge in [-0.1, -0.05) is 26.7 Å². The molecule has 2 saturated heterocycles. The summed E-state index contributed by atoms with van der Waals surface area (Å²) in [5.74, 6) is -1.21. The average molecular weight is 534 g/mol. The minimum atomic E-state index is -1.13. The maximum absolute atomic E-state index is 13.7. The maximum Gasteiger partial charge on any atom is 0.309 e. The summed E-state index contributed by atoms with van der Waals surface area (Å²) in [5.41, 5.74) is 0.442. The highest BCUT2D eigenvalue weighted by Gasteiger charge is 2.55. The van der Waals surface area contributed by atoms with Crippen LogP contribution >= 0.6 is 11.3 Å². The molecule has 7 atom stereocenters. The van der Waals surface area contributed by atoms with Crippen molar-refractivity contribution in [3.63, 3.8) is 0 Å². The molecule has 1 unspecified atom stereocenters. The van der Waals surface area contributed by atoms with Crippen LogP contribution in [0.15, 0.2) is 11.0 Å². The number of aliphatic hydroxyl groups excluding tert-OH is 2. The van der Waals surface area contributed by atoms with Gasteiger partial charge in [0.25, 0.3) is 0 Å². The van der Waals surface area contributed by atoms with Crippen molar-refractivity contribution in [2.75, 3.05) is 0 Å². The van der Waals surface area contributed by atoms with E-state index in [1.807, 2.05) is 39.2 Å². The Kier molecular flexibility index (Phi) is 8.63. The van der Waals surface area contributed by atoms with Gasteiger partial charge in [-0.25, -0.2) is 4.98 Å². The van der Waals surface area contributed by atoms with Crippen molar-refractivity contribution in [3.05, 3.63) is 21.7 Å². The van der Waals surface area contributed by atoms with Crippen LogP contribution in [0.4, 0.5) is 0 Å². The quantitative estimate of drug-likeness (QED) is 0.415. The zero-order valence-corrected chi connectivity index (χ0v) is 23.7. The molecule has 0 bridgehead atoms. The number of aryl methyl sites for hydroxylation is 1. The SMILES string of the molecule is CC[C@H]1C(=O)C2(CCC2)[C@H](O)CC(=O)O[C@@H](/C(C)=C/c2csc(C)n2)CC2O[C@@]2(C)CCC[C@H](C)[C@H]1O. The predicted octanol–water partition coefficient (Wildman–Crippen LogP) is 5.01. The molecule has 7 nitrogen and oxygen atoms in total. The van der Waals surface area contributed by atoms with Gasteiger partial charge in [-0.15, -0.1) is 11.3 Å². The summed E-state index contributed by atoms with van der Waals surface area (Å²) in [6, 6.07) is 0. The standard InChI is InChI=1S/C29H43NO6S/c1-6-21-26(33)17(2)9-7-10-28(5)24(36-28)14-22(18(3)13-20-16-37-19(4)30-20)35-25(32)15-23(31)29(27(21)34)11-8-12-29/h13,16-17,21-24,26,31,33H,6-12,14-15H2,1-5H3/b18-13+/t17-,21+,22+,23+,24?,26+,28-/m0/s1. The van der Waals surface area contributed by atoms with E-state index < -0.39 is 35.6 Å². The Balaban J connectivity index is 1.59. The Morgan fingerprint density at radius 1 is 1.24 bits per heavy atom. The molecule has 1 aliphatic carbocycles. The summed E-state index contributed by atoms with van der Waals surface area (Å²) in [7, 11) is 0. The molecule has 3 aliphatic rings. The highest BCUT2D eigenvalue weighted by molar-refractivity contribution is 7.09. The van der Waals surface area contributed by atoms with E-state index in [1.165, 1.54) is 0 Å². The van der Waals surface area contributed by atoms with Crippen molar-refractivity contribution in [1.82, 2.24) is 4.98 Å². The van der Waals surface area contributed by atoms with Gasteiger partial charge in [0, 0.05) is 17.7 Å². The van der Waals surface area contributed by atoms with Crippen molar-refractivity contribution in [2.24, 2.45) is 17.3 Å². The molecule has 0 aromatic carbocycles. The van der Waals surface area contributed by atoms with Crippen molar-refractivity contribution in [3.8, 4) is 0 Å². The first kappa shape index (κ1) is 28.4. The van der Waals surface area contributed by atoms with Gasteiger partial charge in [-0.3, -0.25) is 9.59 Å². The van der Waals surface area contributed by atoms with Crippen LogP contribution in [0.3, 0.4) is 0 Å². The lowest BCUT2D eigenvalue weighted by Gasteiger charge is -2.46. The number of cyclic esters (lactones) is 1. The second kappa shape index (κ2) is 11.2. The number of carbonyl (C=O) groups is 2. The number of aromatic nitrogens is 1. The zero-order valence-electron chi connectivity index (χ0n) is 22.9. The molecule has 4 rings (SSSR count). The molecule has 8 heteroatoms. The van der Waals surface area contributed by atoms with E-state index >= 15 is 0 Å². The molecule has 1 aromatic rings. The van der Waals surface area contributed by atoms with Crippen LogP contribution in [0.2, 0.25) is 0 Å². The van der Waals surface area contributed by atoms with E-state index in [0.717, 1.165) is 42.0 Å². The van der Waals surface area contributed by atoms with Gasteiger partial charge in [0.05, 0.1) is 46.5 Å². The fraction of sp³-hybridized carbons (Fsp3) is 0.759. The number of carbonyl (C=O) groups excluding carboxylic acids is 2. The fourth-order valence-corrected chi connectivity index (χ4v) is 6.83. The van der Waals surface area contributed by atoms with Gasteiger partial charge < -0.3 is 19.7 Å². The molecular weight excluding hydrogens is 490 g/mol. The second-order valence-electron chi connectivity index (χ2n) is 11.8. The van der Waals surface area contributed by atoms with Gasteiger partial charge >= 0.3 is 5.97 Å². The number of thiazole rings is 1. The van der Waals surface area contributed by atoms with Crippen LogP contribution in [0.5, 0.6) is 0 Å². The molecule has 2 aliphatic heterocycles. The fourth-order valence-electron chi connectivity index (χ4n) is 6.26. The average Bonchev–Trinajstić information content (AvgIpc) is 3.24. The number of fused-ring (bicyclic) bond motifs is 1. The van der Waals surface area contributed by atoms with Crippen molar-refractivity contribution in [1.29, 1.82) is 0 Å². The van der Waals surface area contributed by atoms with Gasteiger partial charge in [0.1, 0.15) is 11.9 Å². The summed E-state index contributed by atoms with van der Waals surface area (Å²) in [6.07, 6.45) is 4.74. The summed E-state index contributed by atoms with van der Waals surface area (Å²) in [6.45, 7) is 9.90. The first-order valence-corrected chi connectivity index (χ1v) is 14.7. The number of nitrogens with zero attached hydrogens (tertiary/aromatic N) is 1. The van der Waals surface area contributed by atoms with Crippen molar-refractivity contribution < 1.29 is 29.3 Å². The third-order valence-electron chi connectivity index (χ3n) is 9.10. The normalized spacial score (nSPS) is 37.5. The van der Waals surface area contributed by atoms with E-state index in [-0.39, 0.29) is 29.8 Å². The molecule has 1 saturated carbocycles. The van der Waals surface area contributed by atoms with Crippen LogP contribution in [0.1, 0.15) is 96.2 Å². The van der Waals surface area contributed by atoms with E-state index in [4.69, 9.17) is 9.47 Å². The Hall–Kier alpha value is -1.61. The van der Waals surface area contributed by atoms with E-state index in [2.05, 4.69) is 11.9 Å². The van der Waals surface area contributed by atoms with Gasteiger partial charge in [0.15, 0.2) is 0 Å². The van der Waals surface area contributed by atoms with Crippen LogP contribution in [-0.4, -0.2) is 57.0 Å². The van der Waals surface area contributed by atoms with Gasteiger partial charge in [-0.05, 0) is 70.4 Å².